The van der Waals surface area contributed by atoms with Crippen molar-refractivity contribution in [3.63, 3.8) is 0 Å². The first-order valence-electron chi connectivity index (χ1n) is 5.55. The normalized spacial score (nSPS) is 20.7. The van der Waals surface area contributed by atoms with Crippen LogP contribution in [0.1, 0.15) is 5.56 Å². The van der Waals surface area contributed by atoms with E-state index in [0.29, 0.717) is 4.32 Å². The van der Waals surface area contributed by atoms with E-state index in [1.54, 1.807) is 7.05 Å². The lowest BCUT2D eigenvalue weighted by Crippen LogP contribution is -2.30. The van der Waals surface area contributed by atoms with Crippen LogP contribution in [0.4, 0.5) is 5.69 Å². The van der Waals surface area contributed by atoms with E-state index < -0.39 is 0 Å². The quantitative estimate of drug-likeness (QED) is 0.730. The Balaban J connectivity index is 2.08. The summed E-state index contributed by atoms with van der Waals surface area (Å²) >= 11 is 6.31. The SMILES string of the molecule is CN1C(=O)C(=NN2C(=O)CSC2=S)c2ccccc21. The molecule has 0 aliphatic carbocycles. The van der Waals surface area contributed by atoms with Crippen LogP contribution >= 0.6 is 24.0 Å². The minimum Gasteiger partial charge on any atom is -0.309 e. The molecule has 1 saturated heterocycles. The van der Waals surface area contributed by atoms with Gasteiger partial charge in [-0.25, -0.2) is 0 Å². The van der Waals surface area contributed by atoms with Crippen molar-refractivity contribution in [1.82, 2.24) is 5.01 Å². The predicted molar refractivity (Wildman–Crippen MR) is 78.3 cm³/mol. The van der Waals surface area contributed by atoms with Crippen molar-refractivity contribution in [3.8, 4) is 0 Å². The van der Waals surface area contributed by atoms with Crippen LogP contribution in [0.5, 0.6) is 0 Å². The van der Waals surface area contributed by atoms with Gasteiger partial charge in [-0.2, -0.15) is 10.1 Å². The highest BCUT2D eigenvalue weighted by Crippen LogP contribution is 2.29. The predicted octanol–water partition coefficient (Wildman–Crippen LogP) is 1.23. The molecule has 0 bridgehead atoms. The summed E-state index contributed by atoms with van der Waals surface area (Å²) in [6, 6.07) is 7.34. The number of anilines is 1. The zero-order chi connectivity index (χ0) is 13.6. The van der Waals surface area contributed by atoms with Gasteiger partial charge in [0.25, 0.3) is 11.8 Å². The Hall–Kier alpha value is -1.73. The highest BCUT2D eigenvalue weighted by Gasteiger charge is 2.34. The maximum Gasteiger partial charge on any atom is 0.279 e. The molecule has 2 aliphatic heterocycles. The molecule has 3 rings (SSSR count). The minimum absolute atomic E-state index is 0.192. The summed E-state index contributed by atoms with van der Waals surface area (Å²) in [5.41, 5.74) is 1.77. The summed E-state index contributed by atoms with van der Waals surface area (Å²) in [6.07, 6.45) is 0. The van der Waals surface area contributed by atoms with Gasteiger partial charge in [-0.15, -0.1) is 0 Å². The number of carbonyl (C=O) groups excluding carboxylic acids is 2. The molecule has 1 aromatic rings. The van der Waals surface area contributed by atoms with Crippen LogP contribution in [0.2, 0.25) is 0 Å². The maximum absolute atomic E-state index is 12.2. The van der Waals surface area contributed by atoms with Crippen molar-refractivity contribution in [1.29, 1.82) is 0 Å². The molecule has 0 aromatic heterocycles. The van der Waals surface area contributed by atoms with Crippen LogP contribution in [0, 0.1) is 0 Å². The fourth-order valence-electron chi connectivity index (χ4n) is 1.99. The van der Waals surface area contributed by atoms with Crippen molar-refractivity contribution >= 4 is 51.5 Å². The van der Waals surface area contributed by atoms with Crippen molar-refractivity contribution < 1.29 is 9.59 Å². The van der Waals surface area contributed by atoms with Crippen molar-refractivity contribution in [2.75, 3.05) is 17.7 Å². The number of carbonyl (C=O) groups is 2. The number of rotatable bonds is 1. The number of hydrogen-bond donors (Lipinski definition) is 0. The first-order valence-corrected chi connectivity index (χ1v) is 6.95. The lowest BCUT2D eigenvalue weighted by atomic mass is 10.1. The third-order valence-electron chi connectivity index (χ3n) is 2.96. The maximum atomic E-state index is 12.2. The van der Waals surface area contributed by atoms with E-state index in [2.05, 4.69) is 5.10 Å². The molecule has 1 aromatic carbocycles. The number of thioether (sulfide) groups is 1. The monoisotopic (exact) mass is 291 g/mol. The van der Waals surface area contributed by atoms with E-state index in [-0.39, 0.29) is 23.3 Å². The number of hydrogen-bond acceptors (Lipinski definition) is 5. The highest BCUT2D eigenvalue weighted by molar-refractivity contribution is 8.23. The Kier molecular flexibility index (Phi) is 2.87. The molecule has 19 heavy (non-hydrogen) atoms. The molecule has 0 saturated carbocycles. The molecule has 0 N–H and O–H groups in total. The topological polar surface area (TPSA) is 53.0 Å². The second-order valence-corrected chi connectivity index (χ2v) is 5.70. The lowest BCUT2D eigenvalue weighted by Gasteiger charge is -2.09. The Morgan fingerprint density at radius 3 is 2.74 bits per heavy atom. The zero-order valence-corrected chi connectivity index (χ0v) is 11.6. The number of fused-ring (bicyclic) bond motifs is 1. The molecule has 0 unspecified atom stereocenters. The zero-order valence-electron chi connectivity index (χ0n) is 9.99. The van der Waals surface area contributed by atoms with Gasteiger partial charge in [0, 0.05) is 12.6 Å². The van der Waals surface area contributed by atoms with Crippen LogP contribution in [0.15, 0.2) is 29.4 Å². The highest BCUT2D eigenvalue weighted by atomic mass is 32.2. The Bertz CT molecular complexity index is 626. The van der Waals surface area contributed by atoms with Gasteiger partial charge in [-0.05, 0) is 6.07 Å². The van der Waals surface area contributed by atoms with E-state index >= 15 is 0 Å². The van der Waals surface area contributed by atoms with E-state index in [1.165, 1.54) is 16.7 Å². The number of benzene rings is 1. The summed E-state index contributed by atoms with van der Waals surface area (Å²) < 4.78 is 0.386. The van der Waals surface area contributed by atoms with E-state index in [4.69, 9.17) is 12.2 Å². The molecule has 1 fully saturated rings. The number of hydrazone groups is 1. The average Bonchev–Trinajstić information content (AvgIpc) is 2.85. The summed E-state index contributed by atoms with van der Waals surface area (Å²) in [5.74, 6) is -0.141. The van der Waals surface area contributed by atoms with E-state index in [0.717, 1.165) is 16.3 Å². The second kappa shape index (κ2) is 4.43. The van der Waals surface area contributed by atoms with Gasteiger partial charge in [-0.1, -0.05) is 42.2 Å². The number of nitrogens with zero attached hydrogens (tertiary/aromatic N) is 3. The first-order chi connectivity index (χ1) is 9.09. The summed E-state index contributed by atoms with van der Waals surface area (Å²) in [7, 11) is 1.68. The Labute approximate surface area is 119 Å². The largest absolute Gasteiger partial charge is 0.309 e. The molecule has 7 heteroatoms. The fourth-order valence-corrected chi connectivity index (χ4v) is 2.94. The molecule has 0 atom stereocenters. The molecule has 2 heterocycles. The summed E-state index contributed by atoms with van der Waals surface area (Å²) in [6.45, 7) is 0. The molecule has 2 amide bonds. The lowest BCUT2D eigenvalue weighted by molar-refractivity contribution is -0.124. The van der Waals surface area contributed by atoms with Crippen LogP contribution in [0.3, 0.4) is 0 Å². The average molecular weight is 291 g/mol. The van der Waals surface area contributed by atoms with Crippen LogP contribution in [-0.2, 0) is 9.59 Å². The fraction of sp³-hybridized carbons (Fsp3) is 0.167. The molecule has 96 valence electrons. The summed E-state index contributed by atoms with van der Waals surface area (Å²) in [4.78, 5) is 25.3. The molecule has 0 spiro atoms. The third-order valence-corrected chi connectivity index (χ3v) is 4.29. The van der Waals surface area contributed by atoms with E-state index in [9.17, 15) is 9.59 Å². The standard InChI is InChI=1S/C12H9N3O2S2/c1-14-8-5-3-2-4-7(8)10(11(14)17)13-15-9(16)6-19-12(15)18/h2-5H,6H2,1H3. The molecular formula is C12H9N3O2S2. The van der Waals surface area contributed by atoms with Gasteiger partial charge in [0.1, 0.15) is 0 Å². The third kappa shape index (κ3) is 1.85. The van der Waals surface area contributed by atoms with Gasteiger partial charge in [-0.3, -0.25) is 9.59 Å². The summed E-state index contributed by atoms with van der Waals surface area (Å²) in [5, 5.41) is 5.30. The Morgan fingerprint density at radius 1 is 1.32 bits per heavy atom. The number of para-hydroxylation sites is 1. The number of likely N-dealkylation sites (N-methyl/N-ethyl adjacent to an activating group) is 1. The van der Waals surface area contributed by atoms with E-state index in [1.807, 2.05) is 24.3 Å². The molecule has 2 aliphatic rings. The van der Waals surface area contributed by atoms with Gasteiger partial charge in [0.15, 0.2) is 10.0 Å². The number of thiocarbonyl (C=S) groups is 1. The minimum atomic E-state index is -0.228. The number of amides is 2. The van der Waals surface area contributed by atoms with Crippen molar-refractivity contribution in [2.45, 2.75) is 0 Å². The molecular weight excluding hydrogens is 282 g/mol. The Morgan fingerprint density at radius 2 is 2.05 bits per heavy atom. The van der Waals surface area contributed by atoms with Crippen molar-refractivity contribution in [3.05, 3.63) is 29.8 Å². The van der Waals surface area contributed by atoms with Gasteiger partial charge >= 0.3 is 0 Å². The second-order valence-electron chi connectivity index (χ2n) is 4.09. The van der Waals surface area contributed by atoms with Gasteiger partial charge < -0.3 is 4.90 Å². The van der Waals surface area contributed by atoms with Crippen LogP contribution in [-0.4, -0.2) is 39.7 Å². The van der Waals surface area contributed by atoms with Crippen molar-refractivity contribution in [2.24, 2.45) is 5.10 Å². The van der Waals surface area contributed by atoms with Gasteiger partial charge in [0.2, 0.25) is 0 Å². The van der Waals surface area contributed by atoms with Crippen LogP contribution in [0.25, 0.3) is 0 Å². The first kappa shape index (κ1) is 12.3. The van der Waals surface area contributed by atoms with Gasteiger partial charge in [0.05, 0.1) is 11.4 Å². The van der Waals surface area contributed by atoms with Crippen LogP contribution < -0.4 is 4.90 Å². The molecule has 5 nitrogen and oxygen atoms in total. The molecule has 0 radical (unpaired) electrons. The smallest absolute Gasteiger partial charge is 0.279 e.